The normalized spacial score (nSPS) is 18.0. The van der Waals surface area contributed by atoms with Gasteiger partial charge in [0.15, 0.2) is 0 Å². The third-order valence-electron chi connectivity index (χ3n) is 4.02. The highest BCUT2D eigenvalue weighted by molar-refractivity contribution is 5.46. The SMILES string of the molecule is Cc1cc(C)c2c(c1)C(NCc1ncnn1C)CCCO2. The van der Waals surface area contributed by atoms with Gasteiger partial charge in [0.1, 0.15) is 17.9 Å². The van der Waals surface area contributed by atoms with Crippen LogP contribution in [0.1, 0.15) is 41.4 Å². The molecular weight excluding hydrogens is 264 g/mol. The Balaban J connectivity index is 1.84. The Labute approximate surface area is 125 Å². The number of hydrogen-bond donors (Lipinski definition) is 1. The molecule has 0 saturated carbocycles. The summed E-state index contributed by atoms with van der Waals surface area (Å²) in [5.41, 5.74) is 3.77. The molecule has 0 aliphatic carbocycles. The minimum atomic E-state index is 0.304. The maximum absolute atomic E-state index is 5.95. The highest BCUT2D eigenvalue weighted by atomic mass is 16.5. The molecule has 2 heterocycles. The van der Waals surface area contributed by atoms with Crippen molar-refractivity contribution in [1.29, 1.82) is 0 Å². The van der Waals surface area contributed by atoms with Gasteiger partial charge >= 0.3 is 0 Å². The van der Waals surface area contributed by atoms with Crippen LogP contribution in [0.3, 0.4) is 0 Å². The van der Waals surface area contributed by atoms with Crippen LogP contribution in [0.2, 0.25) is 0 Å². The number of rotatable bonds is 3. The van der Waals surface area contributed by atoms with Crippen molar-refractivity contribution in [2.45, 2.75) is 39.3 Å². The van der Waals surface area contributed by atoms with Gasteiger partial charge in [0.25, 0.3) is 0 Å². The van der Waals surface area contributed by atoms with Crippen molar-refractivity contribution in [1.82, 2.24) is 20.1 Å². The number of fused-ring (bicyclic) bond motifs is 1. The van der Waals surface area contributed by atoms with Crippen LogP contribution in [0.15, 0.2) is 18.5 Å². The number of benzene rings is 1. The summed E-state index contributed by atoms with van der Waals surface area (Å²) >= 11 is 0. The van der Waals surface area contributed by atoms with Crippen LogP contribution in [0.25, 0.3) is 0 Å². The van der Waals surface area contributed by atoms with Crippen molar-refractivity contribution >= 4 is 0 Å². The van der Waals surface area contributed by atoms with E-state index in [1.807, 2.05) is 11.7 Å². The largest absolute Gasteiger partial charge is 0.493 e. The van der Waals surface area contributed by atoms with E-state index >= 15 is 0 Å². The van der Waals surface area contributed by atoms with E-state index in [-0.39, 0.29) is 0 Å². The second-order valence-corrected chi connectivity index (χ2v) is 5.72. The molecule has 0 spiro atoms. The number of nitrogens with one attached hydrogen (secondary N) is 1. The minimum Gasteiger partial charge on any atom is -0.493 e. The zero-order chi connectivity index (χ0) is 14.8. The fourth-order valence-electron chi connectivity index (χ4n) is 2.97. The predicted molar refractivity (Wildman–Crippen MR) is 81.2 cm³/mol. The standard InChI is InChI=1S/C16H22N4O/c1-11-7-12(2)16-13(8-11)14(5-4-6-21-16)17-9-15-18-10-19-20(15)3/h7-8,10,14,17H,4-6,9H2,1-3H3. The maximum atomic E-state index is 5.95. The molecule has 0 saturated heterocycles. The molecule has 1 aliphatic rings. The van der Waals surface area contributed by atoms with E-state index in [9.17, 15) is 0 Å². The quantitative estimate of drug-likeness (QED) is 0.941. The molecule has 5 nitrogen and oxygen atoms in total. The van der Waals surface area contributed by atoms with Gasteiger partial charge in [-0.25, -0.2) is 4.98 Å². The van der Waals surface area contributed by atoms with E-state index in [2.05, 4.69) is 41.4 Å². The number of aromatic nitrogens is 3. The molecule has 3 rings (SSSR count). The summed E-state index contributed by atoms with van der Waals surface area (Å²) in [6.45, 7) is 5.77. The van der Waals surface area contributed by atoms with Crippen molar-refractivity contribution in [3.63, 3.8) is 0 Å². The fraction of sp³-hybridized carbons (Fsp3) is 0.500. The summed E-state index contributed by atoms with van der Waals surface area (Å²) in [6.07, 6.45) is 3.73. The first-order chi connectivity index (χ1) is 10.1. The lowest BCUT2D eigenvalue weighted by Gasteiger charge is -2.20. The summed E-state index contributed by atoms with van der Waals surface area (Å²) in [7, 11) is 1.92. The molecule has 5 heteroatoms. The third kappa shape index (κ3) is 2.93. The molecule has 0 bridgehead atoms. The Hall–Kier alpha value is -1.88. The maximum Gasteiger partial charge on any atom is 0.140 e. The summed E-state index contributed by atoms with van der Waals surface area (Å²) in [4.78, 5) is 4.27. The van der Waals surface area contributed by atoms with Crippen molar-refractivity contribution in [2.24, 2.45) is 7.05 Å². The van der Waals surface area contributed by atoms with E-state index in [0.29, 0.717) is 12.6 Å². The summed E-state index contributed by atoms with van der Waals surface area (Å²) in [6, 6.07) is 4.73. The Bertz CT molecular complexity index is 635. The monoisotopic (exact) mass is 286 g/mol. The molecule has 1 atom stereocenters. The van der Waals surface area contributed by atoms with Crippen LogP contribution in [0.5, 0.6) is 5.75 Å². The highest BCUT2D eigenvalue weighted by Gasteiger charge is 2.21. The molecule has 21 heavy (non-hydrogen) atoms. The van der Waals surface area contributed by atoms with Crippen LogP contribution >= 0.6 is 0 Å². The number of nitrogens with zero attached hydrogens (tertiary/aromatic N) is 3. The van der Waals surface area contributed by atoms with Gasteiger partial charge in [0, 0.05) is 18.7 Å². The summed E-state index contributed by atoms with van der Waals surface area (Å²) in [5.74, 6) is 2.00. The van der Waals surface area contributed by atoms with Crippen molar-refractivity contribution in [3.05, 3.63) is 41.0 Å². The number of aryl methyl sites for hydroxylation is 3. The third-order valence-corrected chi connectivity index (χ3v) is 4.02. The van der Waals surface area contributed by atoms with E-state index in [1.54, 1.807) is 6.33 Å². The number of ether oxygens (including phenoxy) is 1. The molecule has 0 amide bonds. The van der Waals surface area contributed by atoms with Gasteiger partial charge in [-0.3, -0.25) is 4.68 Å². The summed E-state index contributed by atoms with van der Waals surface area (Å²) in [5, 5.41) is 7.72. The molecule has 0 radical (unpaired) electrons. The molecule has 1 aliphatic heterocycles. The average Bonchev–Trinajstić information content (AvgIpc) is 2.73. The van der Waals surface area contributed by atoms with E-state index in [0.717, 1.165) is 31.0 Å². The average molecular weight is 286 g/mol. The molecule has 112 valence electrons. The molecule has 1 aromatic carbocycles. The Morgan fingerprint density at radius 1 is 1.38 bits per heavy atom. The lowest BCUT2D eigenvalue weighted by Crippen LogP contribution is -2.22. The van der Waals surface area contributed by atoms with E-state index in [4.69, 9.17) is 4.74 Å². The van der Waals surface area contributed by atoms with E-state index in [1.165, 1.54) is 16.7 Å². The Kier molecular flexibility index (Phi) is 3.92. The zero-order valence-electron chi connectivity index (χ0n) is 12.9. The Morgan fingerprint density at radius 2 is 2.24 bits per heavy atom. The topological polar surface area (TPSA) is 52.0 Å². The number of hydrogen-bond acceptors (Lipinski definition) is 4. The molecule has 0 fully saturated rings. The van der Waals surface area contributed by atoms with Crippen molar-refractivity contribution < 1.29 is 4.74 Å². The first-order valence-corrected chi connectivity index (χ1v) is 7.45. The lowest BCUT2D eigenvalue weighted by molar-refractivity contribution is 0.313. The smallest absolute Gasteiger partial charge is 0.140 e. The molecule has 1 N–H and O–H groups in total. The molecule has 1 aromatic heterocycles. The first kappa shape index (κ1) is 14.1. The second kappa shape index (κ2) is 5.85. The van der Waals surface area contributed by atoms with Crippen LogP contribution in [-0.4, -0.2) is 21.4 Å². The van der Waals surface area contributed by atoms with Crippen LogP contribution in [0, 0.1) is 13.8 Å². The van der Waals surface area contributed by atoms with Crippen molar-refractivity contribution in [3.8, 4) is 5.75 Å². The molecular formula is C16H22N4O. The highest BCUT2D eigenvalue weighted by Crippen LogP contribution is 2.35. The Morgan fingerprint density at radius 3 is 3.00 bits per heavy atom. The van der Waals surface area contributed by atoms with Gasteiger partial charge in [-0.1, -0.05) is 17.7 Å². The van der Waals surface area contributed by atoms with Gasteiger partial charge in [-0.15, -0.1) is 0 Å². The van der Waals surface area contributed by atoms with Gasteiger partial charge in [0.2, 0.25) is 0 Å². The van der Waals surface area contributed by atoms with Crippen LogP contribution in [0.4, 0.5) is 0 Å². The van der Waals surface area contributed by atoms with Gasteiger partial charge < -0.3 is 10.1 Å². The molecule has 1 unspecified atom stereocenters. The fourth-order valence-corrected chi connectivity index (χ4v) is 2.97. The predicted octanol–water partition coefficient (Wildman–Crippen LogP) is 2.44. The van der Waals surface area contributed by atoms with Crippen molar-refractivity contribution in [2.75, 3.05) is 6.61 Å². The summed E-state index contributed by atoms with van der Waals surface area (Å²) < 4.78 is 7.76. The molecule has 2 aromatic rings. The van der Waals surface area contributed by atoms with Crippen LogP contribution in [-0.2, 0) is 13.6 Å². The van der Waals surface area contributed by atoms with Gasteiger partial charge in [0.05, 0.1) is 13.2 Å². The minimum absolute atomic E-state index is 0.304. The second-order valence-electron chi connectivity index (χ2n) is 5.72. The lowest BCUT2D eigenvalue weighted by atomic mass is 9.97. The van der Waals surface area contributed by atoms with E-state index < -0.39 is 0 Å². The van der Waals surface area contributed by atoms with Gasteiger partial charge in [-0.05, 0) is 32.3 Å². The first-order valence-electron chi connectivity index (χ1n) is 7.45. The zero-order valence-corrected chi connectivity index (χ0v) is 12.9. The van der Waals surface area contributed by atoms with Gasteiger partial charge in [-0.2, -0.15) is 5.10 Å². The van der Waals surface area contributed by atoms with Crippen LogP contribution < -0.4 is 10.1 Å².